The second-order valence-electron chi connectivity index (χ2n) is 13.4. The summed E-state index contributed by atoms with van der Waals surface area (Å²) in [6, 6.07) is 52.1. The highest BCUT2D eigenvalue weighted by molar-refractivity contribution is 7.91. The molecule has 6 aromatic carbocycles. The zero-order valence-electron chi connectivity index (χ0n) is 29.7. The average molecular weight is 705 g/mol. The first kappa shape index (κ1) is 34.1. The van der Waals surface area contributed by atoms with Crippen molar-refractivity contribution < 1.29 is 8.42 Å². The number of aryl methyl sites for hydroxylation is 2. The number of sulfone groups is 1. The third kappa shape index (κ3) is 6.61. The van der Waals surface area contributed by atoms with Crippen LogP contribution in [0.5, 0.6) is 0 Å². The molecule has 8 rings (SSSR count). The van der Waals surface area contributed by atoms with E-state index in [1.807, 2.05) is 60.7 Å². The molecular formula is C46H38B2N2O2S. The van der Waals surface area contributed by atoms with Crippen LogP contribution < -0.4 is 20.5 Å². The Bertz CT molecular complexity index is 2320. The molecule has 0 radical (unpaired) electrons. The van der Waals surface area contributed by atoms with Crippen molar-refractivity contribution in [2.75, 3.05) is 9.62 Å². The lowest BCUT2D eigenvalue weighted by Crippen LogP contribution is -2.48. The second kappa shape index (κ2) is 14.5. The SMILES string of the molecule is Cc1ccccc1B1C=CC=C(c2ccccc2)N1c1ccc(S(=O)(=O)c2ccc(N3B(c4ccccc4C)C=CC=C3c3ccccc3)cc2)cc1. The van der Waals surface area contributed by atoms with E-state index in [-0.39, 0.29) is 23.5 Å². The molecule has 4 nitrogen and oxygen atoms in total. The van der Waals surface area contributed by atoms with E-state index in [0.29, 0.717) is 0 Å². The summed E-state index contributed by atoms with van der Waals surface area (Å²) in [5.74, 6) is 4.39. The molecular weight excluding hydrogens is 666 g/mol. The minimum absolute atomic E-state index is 0.0608. The Morgan fingerprint density at radius 3 is 1.17 bits per heavy atom. The van der Waals surface area contributed by atoms with Crippen molar-refractivity contribution in [1.82, 2.24) is 0 Å². The van der Waals surface area contributed by atoms with Gasteiger partial charge in [-0.3, -0.25) is 0 Å². The van der Waals surface area contributed by atoms with Crippen LogP contribution in [0, 0.1) is 13.8 Å². The molecule has 0 bridgehead atoms. The Hall–Kier alpha value is -6.04. The number of rotatable bonds is 8. The summed E-state index contributed by atoms with van der Waals surface area (Å²) >= 11 is 0. The monoisotopic (exact) mass is 704 g/mol. The maximum atomic E-state index is 14.2. The van der Waals surface area contributed by atoms with Crippen molar-refractivity contribution in [3.05, 3.63) is 216 Å². The van der Waals surface area contributed by atoms with Gasteiger partial charge < -0.3 is 9.62 Å². The van der Waals surface area contributed by atoms with Gasteiger partial charge in [-0.05, 0) is 96.6 Å². The summed E-state index contributed by atoms with van der Waals surface area (Å²) in [6.45, 7) is 4.14. The average Bonchev–Trinajstić information content (AvgIpc) is 3.21. The summed E-state index contributed by atoms with van der Waals surface area (Å²) in [7, 11) is -3.80. The summed E-state index contributed by atoms with van der Waals surface area (Å²) < 4.78 is 28.3. The highest BCUT2D eigenvalue weighted by Crippen LogP contribution is 2.35. The molecule has 0 saturated carbocycles. The highest BCUT2D eigenvalue weighted by Gasteiger charge is 2.32. The number of hydrogen-bond donors (Lipinski definition) is 0. The molecule has 2 aliphatic heterocycles. The molecule has 0 saturated heterocycles. The number of anilines is 2. The number of hydrogen-bond acceptors (Lipinski definition) is 4. The van der Waals surface area contributed by atoms with Gasteiger partial charge in [-0.2, -0.15) is 0 Å². The third-order valence-corrected chi connectivity index (χ3v) is 12.0. The molecule has 6 aromatic rings. The molecule has 2 heterocycles. The lowest BCUT2D eigenvalue weighted by molar-refractivity contribution is 0.596. The van der Waals surface area contributed by atoms with Crippen LogP contribution in [0.1, 0.15) is 22.3 Å². The molecule has 53 heavy (non-hydrogen) atoms. The Labute approximate surface area is 313 Å². The quantitative estimate of drug-likeness (QED) is 0.149. The Kier molecular flexibility index (Phi) is 9.34. The lowest BCUT2D eigenvalue weighted by atomic mass is 9.51. The van der Waals surface area contributed by atoms with Gasteiger partial charge in [-0.25, -0.2) is 8.42 Å². The van der Waals surface area contributed by atoms with E-state index in [4.69, 9.17) is 0 Å². The van der Waals surface area contributed by atoms with Crippen LogP contribution in [0.3, 0.4) is 0 Å². The molecule has 0 fully saturated rings. The molecule has 0 spiro atoms. The molecule has 2 aliphatic rings. The summed E-state index contributed by atoms with van der Waals surface area (Å²) in [4.78, 5) is 5.09. The van der Waals surface area contributed by atoms with Crippen LogP contribution in [-0.2, 0) is 9.84 Å². The van der Waals surface area contributed by atoms with Gasteiger partial charge in [0.2, 0.25) is 9.84 Å². The third-order valence-electron chi connectivity index (χ3n) is 10.2. The van der Waals surface area contributed by atoms with Gasteiger partial charge >= 0.3 is 13.7 Å². The summed E-state index contributed by atoms with van der Waals surface area (Å²) in [5.41, 5.74) is 10.9. The van der Waals surface area contributed by atoms with Crippen molar-refractivity contribution >= 4 is 57.2 Å². The van der Waals surface area contributed by atoms with E-state index in [1.54, 1.807) is 24.3 Å². The largest absolute Gasteiger partial charge is 0.377 e. The minimum atomic E-state index is -3.80. The van der Waals surface area contributed by atoms with Crippen molar-refractivity contribution in [2.45, 2.75) is 23.6 Å². The van der Waals surface area contributed by atoms with Crippen molar-refractivity contribution in [3.8, 4) is 0 Å². The zero-order chi connectivity index (χ0) is 36.4. The molecule has 0 aromatic heterocycles. The molecule has 0 amide bonds. The van der Waals surface area contributed by atoms with E-state index in [1.165, 1.54) is 22.1 Å². The van der Waals surface area contributed by atoms with Gasteiger partial charge in [0.15, 0.2) is 0 Å². The number of nitrogens with zero attached hydrogens (tertiary/aromatic N) is 2. The molecule has 256 valence electrons. The predicted octanol–water partition coefficient (Wildman–Crippen LogP) is 8.85. The van der Waals surface area contributed by atoms with E-state index in [0.717, 1.165) is 33.9 Å². The van der Waals surface area contributed by atoms with E-state index in [9.17, 15) is 8.42 Å². The maximum Gasteiger partial charge on any atom is 0.320 e. The second-order valence-corrected chi connectivity index (χ2v) is 15.4. The van der Waals surface area contributed by atoms with Gasteiger partial charge in [0, 0.05) is 22.8 Å². The molecule has 0 unspecified atom stereocenters. The van der Waals surface area contributed by atoms with Crippen LogP contribution in [0.15, 0.2) is 204 Å². The smallest absolute Gasteiger partial charge is 0.320 e. The Balaban J connectivity index is 1.13. The first-order valence-corrected chi connectivity index (χ1v) is 19.4. The van der Waals surface area contributed by atoms with E-state index >= 15 is 0 Å². The normalized spacial score (nSPS) is 14.3. The topological polar surface area (TPSA) is 40.6 Å². The Morgan fingerprint density at radius 2 is 0.792 bits per heavy atom. The molecule has 7 heteroatoms. The predicted molar refractivity (Wildman–Crippen MR) is 224 cm³/mol. The van der Waals surface area contributed by atoms with Crippen molar-refractivity contribution in [1.29, 1.82) is 0 Å². The minimum Gasteiger partial charge on any atom is -0.377 e. The first-order chi connectivity index (χ1) is 25.9. The lowest BCUT2D eigenvalue weighted by Gasteiger charge is -2.35. The van der Waals surface area contributed by atoms with Gasteiger partial charge in [0.05, 0.1) is 9.79 Å². The number of benzene rings is 6. The van der Waals surface area contributed by atoms with Crippen LogP contribution in [0.25, 0.3) is 11.4 Å². The van der Waals surface area contributed by atoms with Crippen LogP contribution >= 0.6 is 0 Å². The standard InChI is InChI=1S/C46H38B2N2O2S/c1-35-15-9-11-21-43(35)47-33-13-23-45(37-17-5-3-6-18-37)49(47)39-25-29-41(30-26-39)53(51,52)42-31-27-40(28-32-42)50-46(38-19-7-4-8-20-38)24-14-34-48(50)44-22-12-10-16-36(44)2/h3-34H,1-2H3. The Morgan fingerprint density at radius 1 is 0.434 bits per heavy atom. The zero-order valence-corrected chi connectivity index (χ0v) is 30.6. The van der Waals surface area contributed by atoms with Gasteiger partial charge in [0.1, 0.15) is 0 Å². The molecule has 0 atom stereocenters. The van der Waals surface area contributed by atoms with E-state index < -0.39 is 9.84 Å². The summed E-state index contributed by atoms with van der Waals surface area (Å²) in [6.07, 6.45) is 8.47. The van der Waals surface area contributed by atoms with Crippen LogP contribution in [-0.4, -0.2) is 22.1 Å². The van der Waals surface area contributed by atoms with E-state index in [2.05, 4.69) is 133 Å². The first-order valence-electron chi connectivity index (χ1n) is 17.9. The van der Waals surface area contributed by atoms with Crippen LogP contribution in [0.2, 0.25) is 0 Å². The van der Waals surface area contributed by atoms with Gasteiger partial charge in [-0.15, -0.1) is 0 Å². The highest BCUT2D eigenvalue weighted by atomic mass is 32.2. The summed E-state index contributed by atoms with van der Waals surface area (Å²) in [5, 5.41) is 0. The van der Waals surface area contributed by atoms with Crippen LogP contribution in [0.4, 0.5) is 11.4 Å². The molecule has 0 N–H and O–H groups in total. The molecule has 0 aliphatic carbocycles. The number of allylic oxidation sites excluding steroid dienone is 4. The maximum absolute atomic E-state index is 14.2. The van der Waals surface area contributed by atoms with Gasteiger partial charge in [0.25, 0.3) is 0 Å². The fraction of sp³-hybridized carbons (Fsp3) is 0.0435. The van der Waals surface area contributed by atoms with Crippen molar-refractivity contribution in [3.63, 3.8) is 0 Å². The van der Waals surface area contributed by atoms with Crippen molar-refractivity contribution in [2.24, 2.45) is 0 Å². The fourth-order valence-electron chi connectivity index (χ4n) is 7.45. The fourth-order valence-corrected chi connectivity index (χ4v) is 8.72. The van der Waals surface area contributed by atoms with Gasteiger partial charge in [-0.1, -0.05) is 144 Å².